The van der Waals surface area contributed by atoms with E-state index in [2.05, 4.69) is 4.98 Å². The minimum atomic E-state index is -0.619. The van der Waals surface area contributed by atoms with Crippen molar-refractivity contribution in [3.8, 4) is 0 Å². The molecule has 7 heteroatoms. The number of hydrogen-bond acceptors (Lipinski definition) is 5. The first-order chi connectivity index (χ1) is 12.7. The zero-order chi connectivity index (χ0) is 19.6. The van der Waals surface area contributed by atoms with Crippen molar-refractivity contribution in [3.05, 3.63) is 57.3 Å². The van der Waals surface area contributed by atoms with E-state index in [0.717, 1.165) is 24.1 Å². The number of aryl methyl sites for hydroxylation is 1. The van der Waals surface area contributed by atoms with Gasteiger partial charge >= 0.3 is 5.97 Å². The Balaban J connectivity index is 1.87. The summed E-state index contributed by atoms with van der Waals surface area (Å²) in [5.41, 5.74) is 1.66. The van der Waals surface area contributed by atoms with Crippen molar-refractivity contribution in [2.45, 2.75) is 63.1 Å². The highest BCUT2D eigenvalue weighted by molar-refractivity contribution is 7.98. The molecule has 144 valence electrons. The largest absolute Gasteiger partial charge is 0.459 e. The summed E-state index contributed by atoms with van der Waals surface area (Å²) >= 11 is 1.37. The molecule has 27 heavy (non-hydrogen) atoms. The van der Waals surface area contributed by atoms with Crippen LogP contribution in [0.15, 0.2) is 34.2 Å². The van der Waals surface area contributed by atoms with Crippen molar-refractivity contribution >= 4 is 17.7 Å². The van der Waals surface area contributed by atoms with Crippen LogP contribution in [0, 0.1) is 5.82 Å². The fraction of sp³-hybridized carbons (Fsp3) is 0.450. The van der Waals surface area contributed by atoms with Gasteiger partial charge in [-0.15, -0.1) is 0 Å². The fourth-order valence-electron chi connectivity index (χ4n) is 2.99. The van der Waals surface area contributed by atoms with Crippen molar-refractivity contribution in [2.24, 2.45) is 0 Å². The van der Waals surface area contributed by atoms with Crippen LogP contribution in [0.2, 0.25) is 0 Å². The van der Waals surface area contributed by atoms with Gasteiger partial charge in [0.25, 0.3) is 5.56 Å². The number of thioether (sulfide) groups is 1. The summed E-state index contributed by atoms with van der Waals surface area (Å²) in [5, 5.41) is 0.496. The highest BCUT2D eigenvalue weighted by Crippen LogP contribution is 2.25. The third kappa shape index (κ3) is 4.97. The molecule has 0 unspecified atom stereocenters. The first-order valence-corrected chi connectivity index (χ1v) is 9.93. The Hall–Kier alpha value is -2.15. The number of fused-ring (bicyclic) bond motifs is 1. The van der Waals surface area contributed by atoms with Crippen molar-refractivity contribution < 1.29 is 13.9 Å². The lowest BCUT2D eigenvalue weighted by Crippen LogP contribution is -2.33. The van der Waals surface area contributed by atoms with Gasteiger partial charge in [0.05, 0.1) is 5.69 Å². The lowest BCUT2D eigenvalue weighted by atomic mass is 10.2. The van der Waals surface area contributed by atoms with Crippen LogP contribution in [0.25, 0.3) is 0 Å². The summed E-state index contributed by atoms with van der Waals surface area (Å²) in [7, 11) is 0. The summed E-state index contributed by atoms with van der Waals surface area (Å²) in [6.45, 7) is 5.21. The average molecular weight is 390 g/mol. The van der Waals surface area contributed by atoms with Crippen molar-refractivity contribution in [1.82, 2.24) is 9.55 Å². The average Bonchev–Trinajstić information content (AvgIpc) is 3.04. The van der Waals surface area contributed by atoms with Crippen LogP contribution in [0.3, 0.4) is 0 Å². The molecule has 0 bridgehead atoms. The Morgan fingerprint density at radius 1 is 1.26 bits per heavy atom. The third-order valence-corrected chi connectivity index (χ3v) is 5.19. The molecule has 1 aliphatic rings. The molecule has 2 aromatic rings. The third-order valence-electron chi connectivity index (χ3n) is 4.14. The van der Waals surface area contributed by atoms with E-state index >= 15 is 0 Å². The highest BCUT2D eigenvalue weighted by atomic mass is 32.2. The second kappa shape index (κ2) is 7.84. The van der Waals surface area contributed by atoms with Crippen LogP contribution in [0.1, 0.15) is 44.0 Å². The number of carbonyl (C=O) groups is 1. The van der Waals surface area contributed by atoms with E-state index in [1.54, 1.807) is 32.9 Å². The van der Waals surface area contributed by atoms with Crippen molar-refractivity contribution in [1.29, 1.82) is 0 Å². The van der Waals surface area contributed by atoms with E-state index in [-0.39, 0.29) is 17.9 Å². The Bertz CT molecular complexity index is 901. The molecule has 1 heterocycles. The predicted octanol–water partition coefficient (Wildman–Crippen LogP) is 3.51. The molecule has 0 aliphatic heterocycles. The number of carbonyl (C=O) groups excluding carboxylic acids is 1. The molecule has 0 atom stereocenters. The lowest BCUT2D eigenvalue weighted by molar-refractivity contribution is -0.155. The van der Waals surface area contributed by atoms with Crippen LogP contribution in [0.5, 0.6) is 0 Å². The van der Waals surface area contributed by atoms with Crippen LogP contribution < -0.4 is 5.56 Å². The number of aromatic nitrogens is 2. The Labute approximate surface area is 162 Å². The number of benzene rings is 1. The maximum absolute atomic E-state index is 13.1. The van der Waals surface area contributed by atoms with Crippen LogP contribution in [-0.2, 0) is 34.7 Å². The normalized spacial score (nSPS) is 13.5. The molecule has 0 saturated heterocycles. The Kier molecular flexibility index (Phi) is 5.69. The maximum atomic E-state index is 13.1. The van der Waals surface area contributed by atoms with Gasteiger partial charge in [-0.3, -0.25) is 14.2 Å². The molecular weight excluding hydrogens is 367 g/mol. The summed E-state index contributed by atoms with van der Waals surface area (Å²) in [6.07, 6.45) is 2.37. The van der Waals surface area contributed by atoms with Gasteiger partial charge in [-0.05, 0) is 57.7 Å². The van der Waals surface area contributed by atoms with Crippen molar-refractivity contribution in [3.63, 3.8) is 0 Å². The van der Waals surface area contributed by atoms with Crippen molar-refractivity contribution in [2.75, 3.05) is 0 Å². The topological polar surface area (TPSA) is 61.2 Å². The summed E-state index contributed by atoms with van der Waals surface area (Å²) in [4.78, 5) is 29.8. The van der Waals surface area contributed by atoms with Crippen LogP contribution >= 0.6 is 11.8 Å². The quantitative estimate of drug-likeness (QED) is 0.444. The van der Waals surface area contributed by atoms with Gasteiger partial charge in [-0.25, -0.2) is 9.37 Å². The molecule has 0 radical (unpaired) electrons. The SMILES string of the molecule is CC(C)(C)OC(=O)Cn1c(SCc2ccc(F)cc2)nc2c(c1=O)CCC2. The maximum Gasteiger partial charge on any atom is 0.326 e. The monoisotopic (exact) mass is 390 g/mol. The minimum absolute atomic E-state index is 0.162. The zero-order valence-corrected chi connectivity index (χ0v) is 16.6. The molecule has 0 fully saturated rings. The van der Waals surface area contributed by atoms with Gasteiger partial charge in [0.1, 0.15) is 18.0 Å². The molecule has 3 rings (SSSR count). The Morgan fingerprint density at radius 2 is 1.96 bits per heavy atom. The number of nitrogens with zero attached hydrogens (tertiary/aromatic N) is 2. The standard InChI is InChI=1S/C20H23FN2O3S/c1-20(2,3)26-17(24)11-23-18(25)15-5-4-6-16(15)22-19(23)27-12-13-7-9-14(21)10-8-13/h7-10H,4-6,11-12H2,1-3H3. The Morgan fingerprint density at radius 3 is 2.63 bits per heavy atom. The number of esters is 1. The van der Waals surface area contributed by atoms with E-state index in [0.29, 0.717) is 22.9 Å². The highest BCUT2D eigenvalue weighted by Gasteiger charge is 2.24. The number of halogens is 1. The van der Waals surface area contributed by atoms with E-state index in [1.807, 2.05) is 0 Å². The van der Waals surface area contributed by atoms with Gasteiger partial charge in [-0.1, -0.05) is 23.9 Å². The summed E-state index contributed by atoms with van der Waals surface area (Å²) < 4.78 is 19.9. The first kappa shape index (κ1) is 19.6. The van der Waals surface area contributed by atoms with E-state index in [4.69, 9.17) is 4.74 Å². The van der Waals surface area contributed by atoms with E-state index < -0.39 is 11.6 Å². The molecule has 0 amide bonds. The molecule has 0 N–H and O–H groups in total. The molecule has 0 spiro atoms. The number of hydrogen-bond donors (Lipinski definition) is 0. The van der Waals surface area contributed by atoms with Crippen LogP contribution in [-0.4, -0.2) is 21.1 Å². The molecule has 1 aliphatic carbocycles. The summed E-state index contributed by atoms with van der Waals surface area (Å²) in [5.74, 6) is -0.228. The fourth-order valence-corrected chi connectivity index (χ4v) is 3.95. The first-order valence-electron chi connectivity index (χ1n) is 8.94. The molecule has 5 nitrogen and oxygen atoms in total. The van der Waals surface area contributed by atoms with Gasteiger partial charge in [0.15, 0.2) is 5.16 Å². The lowest BCUT2D eigenvalue weighted by Gasteiger charge is -2.20. The second-order valence-corrected chi connectivity index (χ2v) is 8.51. The van der Waals surface area contributed by atoms with E-state index in [9.17, 15) is 14.0 Å². The van der Waals surface area contributed by atoms with E-state index in [1.165, 1.54) is 28.5 Å². The van der Waals surface area contributed by atoms with Crippen LogP contribution in [0.4, 0.5) is 4.39 Å². The second-order valence-electron chi connectivity index (χ2n) is 7.57. The number of rotatable bonds is 5. The van der Waals surface area contributed by atoms with Gasteiger partial charge in [0.2, 0.25) is 0 Å². The molecule has 0 saturated carbocycles. The number of ether oxygens (including phenoxy) is 1. The minimum Gasteiger partial charge on any atom is -0.459 e. The van der Waals surface area contributed by atoms with Gasteiger partial charge in [0, 0.05) is 11.3 Å². The van der Waals surface area contributed by atoms with Gasteiger partial charge in [-0.2, -0.15) is 0 Å². The molecular formula is C20H23FN2O3S. The molecule has 1 aromatic carbocycles. The smallest absolute Gasteiger partial charge is 0.326 e. The zero-order valence-electron chi connectivity index (χ0n) is 15.8. The molecule has 1 aromatic heterocycles. The predicted molar refractivity (Wildman–Crippen MR) is 102 cm³/mol. The summed E-state index contributed by atoms with van der Waals surface area (Å²) in [6, 6.07) is 6.21. The van der Waals surface area contributed by atoms with Gasteiger partial charge < -0.3 is 4.74 Å².